The molecule has 66 heavy (non-hydrogen) atoms. The summed E-state index contributed by atoms with van der Waals surface area (Å²) in [4.78, 5) is 88.2. The molecule has 0 aliphatic carbocycles. The van der Waals surface area contributed by atoms with Gasteiger partial charge in [0.1, 0.15) is 36.3 Å². The number of hydrogen-bond acceptors (Lipinski definition) is 19. The summed E-state index contributed by atoms with van der Waals surface area (Å²) in [5.41, 5.74) is 4.25. The summed E-state index contributed by atoms with van der Waals surface area (Å²) in [6.45, 7) is 2.58. The molecule has 29 heteroatoms. The number of aromatic nitrogens is 4. The molecular formula is C37H64N7O18P3S. The number of carbonyl (C=O) groups is 3. The zero-order chi connectivity index (χ0) is 49.1. The molecule has 2 aromatic rings. The highest BCUT2D eigenvalue weighted by Crippen LogP contribution is 2.61. The SMILES string of the molecule is CCCCCCCCCCCCC(O)/C=C/C(=O)SCCNC(=O)CCNC(=O)C(O)C(C)(C)COP(=O)(O)OP(=O)(O)OCC1OC(n2cnc3c(N)ncnc32)C(O)C1OP(=O)(O)O. The third-order valence-electron chi connectivity index (χ3n) is 10.1. The van der Waals surface area contributed by atoms with E-state index in [4.69, 9.17) is 19.5 Å². The second kappa shape index (κ2) is 27.4. The number of anilines is 1. The van der Waals surface area contributed by atoms with E-state index in [1.54, 1.807) is 0 Å². The van der Waals surface area contributed by atoms with Gasteiger partial charge in [-0.15, -0.1) is 0 Å². The van der Waals surface area contributed by atoms with Gasteiger partial charge in [-0.05, 0) is 12.5 Å². The highest BCUT2D eigenvalue weighted by molar-refractivity contribution is 8.14. The number of nitrogens with zero attached hydrogens (tertiary/aromatic N) is 4. The number of phosphoric ester groups is 3. The van der Waals surface area contributed by atoms with Crippen LogP contribution in [0, 0.1) is 5.41 Å². The Balaban J connectivity index is 1.35. The summed E-state index contributed by atoms with van der Waals surface area (Å²) in [5.74, 6) is -1.25. The molecule has 8 unspecified atom stereocenters. The van der Waals surface area contributed by atoms with E-state index < -0.39 is 90.7 Å². The first-order chi connectivity index (χ1) is 30.9. The van der Waals surface area contributed by atoms with Crippen LogP contribution < -0.4 is 16.4 Å². The molecule has 11 N–H and O–H groups in total. The third kappa shape index (κ3) is 20.5. The van der Waals surface area contributed by atoms with Crippen molar-refractivity contribution in [2.24, 2.45) is 5.41 Å². The minimum Gasteiger partial charge on any atom is -0.389 e. The Morgan fingerprint density at radius 2 is 1.58 bits per heavy atom. The van der Waals surface area contributed by atoms with Gasteiger partial charge in [0.2, 0.25) is 16.9 Å². The van der Waals surface area contributed by atoms with Gasteiger partial charge >= 0.3 is 23.5 Å². The first-order valence-corrected chi connectivity index (χ1v) is 26.9. The van der Waals surface area contributed by atoms with Crippen LogP contribution in [0.1, 0.15) is 104 Å². The molecule has 25 nitrogen and oxygen atoms in total. The minimum absolute atomic E-state index is 0.0269. The van der Waals surface area contributed by atoms with Crippen molar-refractivity contribution in [1.82, 2.24) is 30.2 Å². The molecule has 1 aliphatic rings. The molecule has 2 aromatic heterocycles. The number of nitrogens with one attached hydrogen (secondary N) is 2. The number of carbonyl (C=O) groups excluding carboxylic acids is 3. The van der Waals surface area contributed by atoms with E-state index >= 15 is 0 Å². The standard InChI is InChI=1S/C37H64N7O18P3S/c1-4-5-6-7-8-9-10-11-12-13-14-25(45)15-16-28(47)66-20-19-39-27(46)17-18-40-35(50)32(49)37(2,3)22-59-65(56,57)62-64(54,55)58-21-26-31(61-63(51,52)53)30(48)36(60-26)44-24-43-29-33(38)41-23-42-34(29)44/h15-16,23-26,30-32,36,45,48-49H,4-14,17-22H2,1-3H3,(H,39,46)(H,40,50)(H,54,55)(H,56,57)(H2,38,41,42)(H2,51,52,53)/b16-15+. The van der Waals surface area contributed by atoms with Crippen molar-refractivity contribution in [2.75, 3.05) is 37.8 Å². The zero-order valence-corrected chi connectivity index (χ0v) is 40.5. The minimum atomic E-state index is -5.59. The molecule has 3 heterocycles. The molecule has 1 aliphatic heterocycles. The number of thioether (sulfide) groups is 1. The van der Waals surface area contributed by atoms with Crippen LogP contribution in [0.4, 0.5) is 5.82 Å². The second-order valence-corrected chi connectivity index (χ2v) is 21.5. The molecule has 0 aromatic carbocycles. The van der Waals surface area contributed by atoms with E-state index in [9.17, 15) is 63.0 Å². The molecule has 0 radical (unpaired) electrons. The van der Waals surface area contributed by atoms with Crippen LogP contribution in [0.5, 0.6) is 0 Å². The smallest absolute Gasteiger partial charge is 0.389 e. The van der Waals surface area contributed by atoms with Gasteiger partial charge in [0.25, 0.3) is 0 Å². The van der Waals surface area contributed by atoms with Crippen molar-refractivity contribution in [2.45, 2.75) is 135 Å². The number of phosphoric acid groups is 3. The maximum Gasteiger partial charge on any atom is 0.481 e. The lowest BCUT2D eigenvalue weighted by Crippen LogP contribution is -2.46. The number of aliphatic hydroxyl groups is 3. The van der Waals surface area contributed by atoms with Crippen LogP contribution in [0.15, 0.2) is 24.8 Å². The molecule has 0 saturated carbocycles. The Hall–Kier alpha value is -2.74. The third-order valence-corrected chi connectivity index (χ3v) is 14.0. The van der Waals surface area contributed by atoms with Crippen molar-refractivity contribution in [1.29, 1.82) is 0 Å². The van der Waals surface area contributed by atoms with Crippen LogP contribution in [0.25, 0.3) is 11.2 Å². The van der Waals surface area contributed by atoms with Crippen LogP contribution in [0.3, 0.4) is 0 Å². The first-order valence-electron chi connectivity index (χ1n) is 21.4. The average Bonchev–Trinajstić information content (AvgIpc) is 3.80. The summed E-state index contributed by atoms with van der Waals surface area (Å²) in [5, 5.41) is 36.4. The highest BCUT2D eigenvalue weighted by atomic mass is 32.2. The van der Waals surface area contributed by atoms with E-state index in [-0.39, 0.29) is 47.4 Å². The number of unbranched alkanes of at least 4 members (excludes halogenated alkanes) is 9. The quantitative estimate of drug-likeness (QED) is 0.0286. The number of hydrogen-bond donors (Lipinski definition) is 10. The summed E-state index contributed by atoms with van der Waals surface area (Å²) in [6, 6.07) is 0. The fraction of sp³-hybridized carbons (Fsp3) is 0.730. The predicted molar refractivity (Wildman–Crippen MR) is 239 cm³/mol. The molecule has 2 amide bonds. The molecule has 1 saturated heterocycles. The largest absolute Gasteiger partial charge is 0.481 e. The van der Waals surface area contributed by atoms with Crippen LogP contribution in [-0.4, -0.2) is 134 Å². The van der Waals surface area contributed by atoms with Crippen molar-refractivity contribution in [3.05, 3.63) is 24.8 Å². The van der Waals surface area contributed by atoms with E-state index in [0.717, 1.165) is 48.2 Å². The Morgan fingerprint density at radius 3 is 2.23 bits per heavy atom. The Morgan fingerprint density at radius 1 is 0.939 bits per heavy atom. The van der Waals surface area contributed by atoms with Gasteiger partial charge in [-0.1, -0.05) is 103 Å². The first kappa shape index (κ1) is 57.6. The molecule has 376 valence electrons. The molecule has 3 rings (SSSR count). The van der Waals surface area contributed by atoms with Gasteiger partial charge in [-0.3, -0.25) is 32.5 Å². The van der Waals surface area contributed by atoms with Crippen LogP contribution in [-0.2, 0) is 50.7 Å². The number of nitrogens with two attached hydrogens (primary N) is 1. The summed E-state index contributed by atoms with van der Waals surface area (Å²) < 4.78 is 62.3. The summed E-state index contributed by atoms with van der Waals surface area (Å²) in [7, 11) is -16.4. The van der Waals surface area contributed by atoms with Crippen molar-refractivity contribution >= 4 is 69.1 Å². The van der Waals surface area contributed by atoms with E-state index in [1.165, 1.54) is 70.9 Å². The average molecular weight is 1020 g/mol. The normalized spacial score (nSPS) is 20.8. The van der Waals surface area contributed by atoms with Gasteiger partial charge in [0.15, 0.2) is 17.7 Å². The second-order valence-electron chi connectivity index (χ2n) is 16.1. The maximum absolute atomic E-state index is 12.7. The number of imidazole rings is 1. The van der Waals surface area contributed by atoms with Crippen LogP contribution in [0.2, 0.25) is 0 Å². The predicted octanol–water partition coefficient (Wildman–Crippen LogP) is 2.89. The van der Waals surface area contributed by atoms with E-state index in [1.807, 2.05) is 0 Å². The number of rotatable bonds is 32. The number of fused-ring (bicyclic) bond motifs is 1. The fourth-order valence-corrected chi connectivity index (χ4v) is 9.87. The van der Waals surface area contributed by atoms with Gasteiger partial charge in [0.05, 0.1) is 25.6 Å². The van der Waals surface area contributed by atoms with E-state index in [2.05, 4.69) is 41.3 Å². The maximum atomic E-state index is 12.7. The number of amides is 2. The highest BCUT2D eigenvalue weighted by Gasteiger charge is 2.50. The molecule has 8 atom stereocenters. The van der Waals surface area contributed by atoms with Gasteiger partial charge in [-0.2, -0.15) is 4.31 Å². The van der Waals surface area contributed by atoms with Crippen LogP contribution >= 0.6 is 35.2 Å². The Bertz CT molecular complexity index is 2040. The lowest BCUT2D eigenvalue weighted by molar-refractivity contribution is -0.137. The molecule has 1 fully saturated rings. The van der Waals surface area contributed by atoms with Crippen molar-refractivity contribution in [3.8, 4) is 0 Å². The number of ether oxygens (including phenoxy) is 1. The Labute approximate surface area is 386 Å². The lowest BCUT2D eigenvalue weighted by Gasteiger charge is -2.30. The fourth-order valence-electron chi connectivity index (χ4n) is 6.46. The monoisotopic (exact) mass is 1020 g/mol. The topological polar surface area (TPSA) is 384 Å². The van der Waals surface area contributed by atoms with Gasteiger partial charge in [0, 0.05) is 30.7 Å². The molecule has 0 bridgehead atoms. The lowest BCUT2D eigenvalue weighted by atomic mass is 9.87. The summed E-state index contributed by atoms with van der Waals surface area (Å²) >= 11 is 0.959. The Kier molecular flexibility index (Phi) is 23.9. The number of aliphatic hydroxyl groups excluding tert-OH is 3. The van der Waals surface area contributed by atoms with Gasteiger partial charge in [-0.25, -0.2) is 28.6 Å². The van der Waals surface area contributed by atoms with E-state index in [0.29, 0.717) is 6.42 Å². The van der Waals surface area contributed by atoms with Crippen molar-refractivity contribution < 1.29 is 85.6 Å². The van der Waals surface area contributed by atoms with Gasteiger partial charge < -0.3 is 56.0 Å². The molecule has 0 spiro atoms. The molecular weight excluding hydrogens is 955 g/mol. The van der Waals surface area contributed by atoms with Crippen molar-refractivity contribution in [3.63, 3.8) is 0 Å². The summed E-state index contributed by atoms with van der Waals surface area (Å²) in [6.07, 6.45) is 7.52. The zero-order valence-electron chi connectivity index (χ0n) is 37.0. The number of nitrogen functional groups attached to an aromatic ring is 1.